The first-order valence-electron chi connectivity index (χ1n) is 12.6. The molecule has 7 nitrogen and oxygen atoms in total. The van der Waals surface area contributed by atoms with Crippen LogP contribution in [0.4, 0.5) is 10.8 Å². The summed E-state index contributed by atoms with van der Waals surface area (Å²) in [6.07, 6.45) is 1.49. The molecule has 1 heterocycles. The summed E-state index contributed by atoms with van der Waals surface area (Å²) in [7, 11) is 0. The van der Waals surface area contributed by atoms with Gasteiger partial charge in [-0.2, -0.15) is 0 Å². The van der Waals surface area contributed by atoms with Gasteiger partial charge >= 0.3 is 0 Å². The molecule has 1 aromatic heterocycles. The third-order valence-electron chi connectivity index (χ3n) is 5.81. The van der Waals surface area contributed by atoms with E-state index in [2.05, 4.69) is 20.9 Å². The van der Waals surface area contributed by atoms with E-state index >= 15 is 0 Å². The number of carbonyl (C=O) groups excluding carboxylic acids is 3. The number of benzene rings is 4. The van der Waals surface area contributed by atoms with Crippen LogP contribution in [0.1, 0.15) is 15.9 Å². The Balaban J connectivity index is 1.23. The Morgan fingerprint density at radius 1 is 0.857 bits per heavy atom. The fourth-order valence-electron chi connectivity index (χ4n) is 3.78. The average Bonchev–Trinajstić information content (AvgIpc) is 3.40. The lowest BCUT2D eigenvalue weighted by atomic mass is 10.1. The maximum absolute atomic E-state index is 13.3. The van der Waals surface area contributed by atoms with Crippen molar-refractivity contribution >= 4 is 91.1 Å². The molecule has 0 bridgehead atoms. The minimum atomic E-state index is -0.541. The van der Waals surface area contributed by atoms with E-state index in [1.807, 2.05) is 24.3 Å². The summed E-state index contributed by atoms with van der Waals surface area (Å²) in [5.41, 5.74) is 2.25. The van der Waals surface area contributed by atoms with Crippen LogP contribution in [0.15, 0.2) is 108 Å². The number of para-hydroxylation sites is 1. The van der Waals surface area contributed by atoms with Crippen molar-refractivity contribution in [2.24, 2.45) is 0 Å². The highest BCUT2D eigenvalue weighted by atomic mass is 35.5. The second kappa shape index (κ2) is 13.7. The number of anilines is 2. The molecule has 42 heavy (non-hydrogen) atoms. The highest BCUT2D eigenvalue weighted by Gasteiger charge is 2.16. The lowest BCUT2D eigenvalue weighted by Gasteiger charge is -2.12. The van der Waals surface area contributed by atoms with Crippen LogP contribution in [0.2, 0.25) is 10.0 Å². The van der Waals surface area contributed by atoms with Gasteiger partial charge in [0, 0.05) is 26.2 Å². The largest absolute Gasteiger partial charge is 0.321 e. The fourth-order valence-corrected chi connectivity index (χ4v) is 5.82. The maximum atomic E-state index is 13.3. The first-order chi connectivity index (χ1) is 20.3. The Labute approximate surface area is 260 Å². The lowest BCUT2D eigenvalue weighted by Crippen LogP contribution is -2.30. The van der Waals surface area contributed by atoms with Gasteiger partial charge in [-0.15, -0.1) is 11.8 Å². The second-order valence-corrected chi connectivity index (χ2v) is 11.8. The summed E-state index contributed by atoms with van der Waals surface area (Å²) < 4.78 is 1.01. The SMILES string of the molecule is O=C(CSc1ccc(NC(=O)/C(=C/c2ccc(Cl)cc2Cl)NC(=O)c2ccccc2)cc1)Nc1nc2ccccc2s1. The molecule has 5 rings (SSSR count). The quantitative estimate of drug-likeness (QED) is 0.114. The molecule has 0 saturated heterocycles. The summed E-state index contributed by atoms with van der Waals surface area (Å²) in [5, 5.41) is 9.66. The zero-order valence-electron chi connectivity index (χ0n) is 21.8. The van der Waals surface area contributed by atoms with Crippen molar-refractivity contribution in [2.75, 3.05) is 16.4 Å². The highest BCUT2D eigenvalue weighted by Crippen LogP contribution is 2.27. The molecule has 0 fully saturated rings. The summed E-state index contributed by atoms with van der Waals surface area (Å²) >= 11 is 15.1. The molecule has 4 aromatic carbocycles. The number of hydrogen-bond donors (Lipinski definition) is 3. The number of halogens is 2. The summed E-state index contributed by atoms with van der Waals surface area (Å²) in [4.78, 5) is 43.8. The van der Waals surface area contributed by atoms with Gasteiger partial charge in [0.2, 0.25) is 5.91 Å². The van der Waals surface area contributed by atoms with E-state index in [1.54, 1.807) is 72.8 Å². The maximum Gasteiger partial charge on any atom is 0.272 e. The van der Waals surface area contributed by atoms with Crippen LogP contribution in [-0.4, -0.2) is 28.5 Å². The molecule has 3 amide bonds. The number of nitrogens with zero attached hydrogens (tertiary/aromatic N) is 1. The molecule has 0 aliphatic rings. The monoisotopic (exact) mass is 632 g/mol. The molecule has 0 saturated carbocycles. The molecule has 0 spiro atoms. The van der Waals surface area contributed by atoms with Crippen LogP contribution in [0, 0.1) is 0 Å². The molecule has 0 aliphatic heterocycles. The van der Waals surface area contributed by atoms with Crippen LogP contribution in [0.25, 0.3) is 16.3 Å². The lowest BCUT2D eigenvalue weighted by molar-refractivity contribution is -0.114. The van der Waals surface area contributed by atoms with Gasteiger partial charge in [-0.25, -0.2) is 4.98 Å². The zero-order chi connectivity index (χ0) is 29.5. The van der Waals surface area contributed by atoms with Gasteiger partial charge in [0.15, 0.2) is 5.13 Å². The molecular formula is C31H22Cl2N4O3S2. The predicted octanol–water partition coefficient (Wildman–Crippen LogP) is 7.74. The molecule has 0 aliphatic carbocycles. The number of aromatic nitrogens is 1. The molecule has 5 aromatic rings. The third kappa shape index (κ3) is 7.77. The second-order valence-electron chi connectivity index (χ2n) is 8.85. The number of hydrogen-bond acceptors (Lipinski definition) is 6. The van der Waals surface area contributed by atoms with Crippen molar-refractivity contribution in [3.63, 3.8) is 0 Å². The van der Waals surface area contributed by atoms with Crippen molar-refractivity contribution in [3.8, 4) is 0 Å². The highest BCUT2D eigenvalue weighted by molar-refractivity contribution is 8.00. The van der Waals surface area contributed by atoms with E-state index in [0.717, 1.165) is 15.1 Å². The van der Waals surface area contributed by atoms with Gasteiger partial charge < -0.3 is 16.0 Å². The minimum Gasteiger partial charge on any atom is -0.321 e. The molecule has 0 unspecified atom stereocenters. The summed E-state index contributed by atoms with van der Waals surface area (Å²) in [5.74, 6) is -0.956. The van der Waals surface area contributed by atoms with E-state index in [4.69, 9.17) is 23.2 Å². The first kappa shape index (κ1) is 29.3. The Kier molecular flexibility index (Phi) is 9.55. The number of fused-ring (bicyclic) bond motifs is 1. The fraction of sp³-hybridized carbons (Fsp3) is 0.0323. The predicted molar refractivity (Wildman–Crippen MR) is 172 cm³/mol. The van der Waals surface area contributed by atoms with Gasteiger partial charge in [0.25, 0.3) is 11.8 Å². The summed E-state index contributed by atoms with van der Waals surface area (Å²) in [6.45, 7) is 0. The van der Waals surface area contributed by atoms with E-state index in [1.165, 1.54) is 29.2 Å². The van der Waals surface area contributed by atoms with Gasteiger partial charge in [0.1, 0.15) is 5.70 Å². The molecular weight excluding hydrogens is 611 g/mol. The Hall–Kier alpha value is -4.15. The van der Waals surface area contributed by atoms with Crippen molar-refractivity contribution in [2.45, 2.75) is 4.90 Å². The van der Waals surface area contributed by atoms with Crippen molar-refractivity contribution in [1.82, 2.24) is 10.3 Å². The van der Waals surface area contributed by atoms with Crippen LogP contribution < -0.4 is 16.0 Å². The topological polar surface area (TPSA) is 100 Å². The molecule has 11 heteroatoms. The Morgan fingerprint density at radius 2 is 1.60 bits per heavy atom. The van der Waals surface area contributed by atoms with Crippen LogP contribution in [0.5, 0.6) is 0 Å². The number of thiazole rings is 1. The van der Waals surface area contributed by atoms with Crippen LogP contribution in [0.3, 0.4) is 0 Å². The molecule has 0 radical (unpaired) electrons. The number of rotatable bonds is 9. The number of thioether (sulfide) groups is 1. The number of nitrogens with one attached hydrogen (secondary N) is 3. The van der Waals surface area contributed by atoms with E-state index in [0.29, 0.717) is 32.0 Å². The van der Waals surface area contributed by atoms with E-state index < -0.39 is 11.8 Å². The van der Waals surface area contributed by atoms with Gasteiger partial charge in [-0.3, -0.25) is 14.4 Å². The molecule has 210 valence electrons. The van der Waals surface area contributed by atoms with Crippen molar-refractivity contribution < 1.29 is 14.4 Å². The van der Waals surface area contributed by atoms with Crippen molar-refractivity contribution in [3.05, 3.63) is 124 Å². The number of carbonyl (C=O) groups is 3. The Bertz CT molecular complexity index is 1760. The first-order valence-corrected chi connectivity index (χ1v) is 15.1. The van der Waals surface area contributed by atoms with Gasteiger partial charge in [-0.05, 0) is 72.3 Å². The van der Waals surface area contributed by atoms with Crippen molar-refractivity contribution in [1.29, 1.82) is 0 Å². The molecule has 0 atom stereocenters. The van der Waals surface area contributed by atoms with E-state index in [9.17, 15) is 14.4 Å². The smallest absolute Gasteiger partial charge is 0.272 e. The van der Waals surface area contributed by atoms with Gasteiger partial charge in [-0.1, -0.05) is 70.9 Å². The molecule has 3 N–H and O–H groups in total. The average molecular weight is 634 g/mol. The number of amides is 3. The standard InChI is InChI=1S/C31H22Cl2N4O3S2/c32-21-11-10-20(24(33)17-21)16-26(35-29(39)19-6-2-1-3-7-19)30(40)34-22-12-14-23(15-13-22)41-18-28(38)37-31-36-25-8-4-5-9-27(25)42-31/h1-17H,18H2,(H,34,40)(H,35,39)(H,36,37,38)/b26-16-. The van der Waals surface area contributed by atoms with Crippen LogP contribution in [-0.2, 0) is 9.59 Å². The van der Waals surface area contributed by atoms with Crippen LogP contribution >= 0.6 is 46.3 Å². The zero-order valence-corrected chi connectivity index (χ0v) is 24.9. The van der Waals surface area contributed by atoms with Gasteiger partial charge in [0.05, 0.1) is 16.0 Å². The van der Waals surface area contributed by atoms with E-state index in [-0.39, 0.29) is 17.4 Å². The normalized spacial score (nSPS) is 11.2. The summed E-state index contributed by atoms with van der Waals surface area (Å²) in [6, 6.07) is 28.2. The Morgan fingerprint density at radius 3 is 2.33 bits per heavy atom. The minimum absolute atomic E-state index is 0.00181. The third-order valence-corrected chi connectivity index (χ3v) is 8.34.